The van der Waals surface area contributed by atoms with E-state index in [1.807, 2.05) is 50.4 Å². The van der Waals surface area contributed by atoms with Crippen molar-refractivity contribution in [1.29, 1.82) is 0 Å². The molecule has 0 N–H and O–H groups in total. The number of benzene rings is 1. The molecule has 0 aliphatic rings. The number of thiophene rings is 1. The van der Waals surface area contributed by atoms with E-state index in [0.717, 1.165) is 27.3 Å². The van der Waals surface area contributed by atoms with Gasteiger partial charge in [0.05, 0.1) is 11.5 Å². The van der Waals surface area contributed by atoms with E-state index < -0.39 is 0 Å². The molecular formula is C15H16O2S. The Morgan fingerprint density at radius 2 is 2.06 bits per heavy atom. The zero-order valence-electron chi connectivity index (χ0n) is 10.8. The van der Waals surface area contributed by atoms with Crippen molar-refractivity contribution in [2.24, 2.45) is 0 Å². The maximum atomic E-state index is 12.3. The molecule has 94 valence electrons. The summed E-state index contributed by atoms with van der Waals surface area (Å²) in [4.78, 5) is 13.1. The lowest BCUT2D eigenvalue weighted by Crippen LogP contribution is -2.04. The summed E-state index contributed by atoms with van der Waals surface area (Å²) in [6.45, 7) is 6.51. The summed E-state index contributed by atoms with van der Waals surface area (Å²) in [5.74, 6) is 0.950. The largest absolute Gasteiger partial charge is 0.494 e. The lowest BCUT2D eigenvalue weighted by atomic mass is 10.0. The van der Waals surface area contributed by atoms with E-state index in [1.165, 1.54) is 11.3 Å². The van der Waals surface area contributed by atoms with Crippen LogP contribution in [0.2, 0.25) is 0 Å². The second-order valence-electron chi connectivity index (χ2n) is 4.17. The maximum absolute atomic E-state index is 12.3. The molecule has 0 atom stereocenters. The third kappa shape index (κ3) is 2.46. The molecule has 0 aliphatic heterocycles. The average molecular weight is 260 g/mol. The zero-order chi connectivity index (χ0) is 13.1. The minimum absolute atomic E-state index is 0.0913. The molecule has 0 fully saturated rings. The Morgan fingerprint density at radius 3 is 2.67 bits per heavy atom. The number of rotatable bonds is 4. The first-order chi connectivity index (χ1) is 8.63. The fourth-order valence-corrected chi connectivity index (χ4v) is 2.56. The SMILES string of the molecule is CCOc1cc(C)c(C(=O)c2cccs2)cc1C. The Bertz CT molecular complexity index is 556. The standard InChI is InChI=1S/C15H16O2S/c1-4-17-13-9-10(2)12(8-11(13)3)15(16)14-6-5-7-18-14/h5-9H,4H2,1-3H3. The highest BCUT2D eigenvalue weighted by atomic mass is 32.1. The Balaban J connectivity index is 2.40. The first kappa shape index (κ1) is 12.8. The predicted octanol–water partition coefficient (Wildman–Crippen LogP) is 3.99. The van der Waals surface area contributed by atoms with Gasteiger partial charge < -0.3 is 4.74 Å². The van der Waals surface area contributed by atoms with Gasteiger partial charge in [0.15, 0.2) is 0 Å². The van der Waals surface area contributed by atoms with Crippen molar-refractivity contribution in [1.82, 2.24) is 0 Å². The fraction of sp³-hybridized carbons (Fsp3) is 0.267. The van der Waals surface area contributed by atoms with Gasteiger partial charge in [-0.15, -0.1) is 11.3 Å². The van der Waals surface area contributed by atoms with Crippen LogP contribution in [0.25, 0.3) is 0 Å². The summed E-state index contributed by atoms with van der Waals surface area (Å²) in [6, 6.07) is 7.62. The molecule has 2 nitrogen and oxygen atoms in total. The predicted molar refractivity (Wildman–Crippen MR) is 74.8 cm³/mol. The van der Waals surface area contributed by atoms with Gasteiger partial charge in [-0.05, 0) is 55.5 Å². The van der Waals surface area contributed by atoms with Crippen molar-refractivity contribution in [2.75, 3.05) is 6.61 Å². The smallest absolute Gasteiger partial charge is 0.203 e. The van der Waals surface area contributed by atoms with E-state index in [1.54, 1.807) is 0 Å². The summed E-state index contributed by atoms with van der Waals surface area (Å²) in [7, 11) is 0. The second-order valence-corrected chi connectivity index (χ2v) is 5.12. The van der Waals surface area contributed by atoms with Crippen LogP contribution in [-0.4, -0.2) is 12.4 Å². The topological polar surface area (TPSA) is 26.3 Å². The second kappa shape index (κ2) is 5.36. The van der Waals surface area contributed by atoms with E-state index in [4.69, 9.17) is 4.74 Å². The molecule has 0 unspecified atom stereocenters. The van der Waals surface area contributed by atoms with Crippen LogP contribution in [0, 0.1) is 13.8 Å². The molecule has 0 radical (unpaired) electrons. The van der Waals surface area contributed by atoms with Crippen molar-refractivity contribution in [3.8, 4) is 5.75 Å². The number of hydrogen-bond acceptors (Lipinski definition) is 3. The van der Waals surface area contributed by atoms with Crippen LogP contribution in [0.1, 0.15) is 33.3 Å². The highest BCUT2D eigenvalue weighted by Crippen LogP contribution is 2.25. The molecule has 1 aromatic carbocycles. The number of aryl methyl sites for hydroxylation is 2. The summed E-state index contributed by atoms with van der Waals surface area (Å²) >= 11 is 1.47. The Kier molecular flexibility index (Phi) is 3.82. The molecule has 0 spiro atoms. The Morgan fingerprint density at radius 1 is 1.28 bits per heavy atom. The minimum Gasteiger partial charge on any atom is -0.494 e. The summed E-state index contributed by atoms with van der Waals surface area (Å²) in [5.41, 5.74) is 2.73. The van der Waals surface area contributed by atoms with Crippen LogP contribution >= 0.6 is 11.3 Å². The molecule has 1 heterocycles. The Labute approximate surface area is 111 Å². The van der Waals surface area contributed by atoms with Gasteiger partial charge in [-0.25, -0.2) is 0 Å². The molecule has 3 heteroatoms. The van der Waals surface area contributed by atoms with E-state index in [-0.39, 0.29) is 5.78 Å². The molecule has 0 saturated heterocycles. The quantitative estimate of drug-likeness (QED) is 0.777. The molecule has 0 bridgehead atoms. The number of hydrogen-bond donors (Lipinski definition) is 0. The third-order valence-electron chi connectivity index (χ3n) is 2.81. The van der Waals surface area contributed by atoms with Gasteiger partial charge in [-0.3, -0.25) is 4.79 Å². The third-order valence-corrected chi connectivity index (χ3v) is 3.68. The molecule has 1 aromatic heterocycles. The molecule has 2 aromatic rings. The van der Waals surface area contributed by atoms with Crippen molar-refractivity contribution < 1.29 is 9.53 Å². The van der Waals surface area contributed by atoms with Crippen molar-refractivity contribution >= 4 is 17.1 Å². The van der Waals surface area contributed by atoms with Crippen LogP contribution in [-0.2, 0) is 0 Å². The minimum atomic E-state index is 0.0913. The van der Waals surface area contributed by atoms with Crippen molar-refractivity contribution in [2.45, 2.75) is 20.8 Å². The van der Waals surface area contributed by atoms with Crippen molar-refractivity contribution in [3.05, 3.63) is 51.2 Å². The zero-order valence-corrected chi connectivity index (χ0v) is 11.6. The van der Waals surface area contributed by atoms with Gasteiger partial charge in [0.1, 0.15) is 5.75 Å². The lowest BCUT2D eigenvalue weighted by Gasteiger charge is -2.11. The van der Waals surface area contributed by atoms with E-state index in [0.29, 0.717) is 6.61 Å². The average Bonchev–Trinajstić information content (AvgIpc) is 2.86. The number of ether oxygens (including phenoxy) is 1. The first-order valence-electron chi connectivity index (χ1n) is 5.95. The lowest BCUT2D eigenvalue weighted by molar-refractivity contribution is 0.104. The van der Waals surface area contributed by atoms with Crippen LogP contribution in [0.4, 0.5) is 0 Å². The normalized spacial score (nSPS) is 10.4. The molecular weight excluding hydrogens is 244 g/mol. The maximum Gasteiger partial charge on any atom is 0.203 e. The van der Waals surface area contributed by atoms with Crippen LogP contribution < -0.4 is 4.74 Å². The molecule has 2 rings (SSSR count). The van der Waals surface area contributed by atoms with Crippen LogP contribution in [0.5, 0.6) is 5.75 Å². The first-order valence-corrected chi connectivity index (χ1v) is 6.83. The van der Waals surface area contributed by atoms with E-state index in [2.05, 4.69) is 0 Å². The highest BCUT2D eigenvalue weighted by molar-refractivity contribution is 7.12. The molecule has 0 aliphatic carbocycles. The number of carbonyl (C=O) groups excluding carboxylic acids is 1. The molecule has 0 amide bonds. The molecule has 0 saturated carbocycles. The van der Waals surface area contributed by atoms with Crippen molar-refractivity contribution in [3.63, 3.8) is 0 Å². The fourth-order valence-electron chi connectivity index (χ4n) is 1.89. The van der Waals surface area contributed by atoms with Gasteiger partial charge in [-0.1, -0.05) is 6.07 Å². The highest BCUT2D eigenvalue weighted by Gasteiger charge is 2.14. The summed E-state index contributed by atoms with van der Waals surface area (Å²) < 4.78 is 5.53. The Hall–Kier alpha value is -1.61. The monoisotopic (exact) mass is 260 g/mol. The van der Waals surface area contributed by atoms with Gasteiger partial charge >= 0.3 is 0 Å². The van der Waals surface area contributed by atoms with Gasteiger partial charge in [-0.2, -0.15) is 0 Å². The van der Waals surface area contributed by atoms with Gasteiger partial charge in [0, 0.05) is 5.56 Å². The van der Waals surface area contributed by atoms with Crippen LogP contribution in [0.15, 0.2) is 29.6 Å². The summed E-state index contributed by atoms with van der Waals surface area (Å²) in [5, 5.41) is 1.92. The molecule has 18 heavy (non-hydrogen) atoms. The van der Waals surface area contributed by atoms with Gasteiger partial charge in [0.2, 0.25) is 5.78 Å². The number of ketones is 1. The number of carbonyl (C=O) groups is 1. The van der Waals surface area contributed by atoms with E-state index in [9.17, 15) is 4.79 Å². The van der Waals surface area contributed by atoms with E-state index >= 15 is 0 Å². The summed E-state index contributed by atoms with van der Waals surface area (Å²) in [6.07, 6.45) is 0. The van der Waals surface area contributed by atoms with Crippen LogP contribution in [0.3, 0.4) is 0 Å². The van der Waals surface area contributed by atoms with Gasteiger partial charge in [0.25, 0.3) is 0 Å².